The zero-order valence-corrected chi connectivity index (χ0v) is 15.8. The number of hydrogen-bond acceptors (Lipinski definition) is 5. The van der Waals surface area contributed by atoms with Gasteiger partial charge in [-0.05, 0) is 24.1 Å². The monoisotopic (exact) mass is 437 g/mol. The van der Waals surface area contributed by atoms with Gasteiger partial charge in [0.15, 0.2) is 0 Å². The summed E-state index contributed by atoms with van der Waals surface area (Å²) < 4.78 is 80.8. The summed E-state index contributed by atoms with van der Waals surface area (Å²) >= 11 is 0. The first kappa shape index (κ1) is 21.9. The van der Waals surface area contributed by atoms with E-state index in [0.29, 0.717) is 16.1 Å². The molecule has 2 atom stereocenters. The molecule has 1 N–H and O–H groups in total. The molecule has 6 nitrogen and oxygen atoms in total. The van der Waals surface area contributed by atoms with Crippen LogP contribution in [-0.4, -0.2) is 58.6 Å². The summed E-state index contributed by atoms with van der Waals surface area (Å²) in [4.78, 5) is 15.9. The molecular weight excluding hydrogens is 420 g/mol. The van der Waals surface area contributed by atoms with E-state index in [1.165, 1.54) is 18.2 Å². The van der Waals surface area contributed by atoms with E-state index < -0.39 is 48.5 Å². The number of benzene rings is 1. The molecule has 2 heterocycles. The van der Waals surface area contributed by atoms with Crippen LogP contribution in [0.1, 0.15) is 34.3 Å². The Morgan fingerprint density at radius 1 is 1.30 bits per heavy atom. The zero-order valence-electron chi connectivity index (χ0n) is 15.8. The summed E-state index contributed by atoms with van der Waals surface area (Å²) in [6, 6.07) is 2.55. The molecule has 2 unspecified atom stereocenters. The molecule has 1 aromatic carbocycles. The Bertz CT molecular complexity index is 925. The minimum Gasteiger partial charge on any atom is -0.478 e. The van der Waals surface area contributed by atoms with Crippen LogP contribution in [0, 0.1) is 6.92 Å². The lowest BCUT2D eigenvalue weighted by Gasteiger charge is -2.37. The number of carbonyl (C=O) groups is 1. The van der Waals surface area contributed by atoms with Crippen molar-refractivity contribution in [3.8, 4) is 0 Å². The molecule has 0 saturated heterocycles. The van der Waals surface area contributed by atoms with E-state index in [1.54, 1.807) is 6.92 Å². The number of carboxylic acids is 1. The first-order valence-electron chi connectivity index (χ1n) is 8.75. The second kappa shape index (κ2) is 7.17. The van der Waals surface area contributed by atoms with Crippen molar-refractivity contribution in [3.05, 3.63) is 34.9 Å². The summed E-state index contributed by atoms with van der Waals surface area (Å²) in [7, 11) is 1.03. The lowest BCUT2D eigenvalue weighted by molar-refractivity contribution is -0.286. The maximum atomic E-state index is 14.0. The lowest BCUT2D eigenvalue weighted by atomic mass is 9.84. The first-order chi connectivity index (χ1) is 13.7. The quantitative estimate of drug-likeness (QED) is 0.725. The molecule has 0 saturated carbocycles. The number of likely N-dealkylation sites (N-methyl/N-ethyl adjacent to an activating group) is 1. The third kappa shape index (κ3) is 3.82. The third-order valence-electron chi connectivity index (χ3n) is 5.20. The van der Waals surface area contributed by atoms with Crippen LogP contribution in [0.15, 0.2) is 28.5 Å². The van der Waals surface area contributed by atoms with Crippen LogP contribution in [-0.2, 0) is 11.3 Å². The van der Waals surface area contributed by atoms with E-state index in [4.69, 9.17) is 9.94 Å². The van der Waals surface area contributed by atoms with Crippen LogP contribution in [0.25, 0.3) is 0 Å². The fraction of sp³-hybridized carbons (Fsp3) is 0.500. The molecule has 0 amide bonds. The average molecular weight is 437 g/mol. The number of hydrogen-bond donors (Lipinski definition) is 1. The van der Waals surface area contributed by atoms with E-state index in [-0.39, 0.29) is 17.7 Å². The molecule has 12 heteroatoms. The number of hydrazone groups is 1. The molecule has 30 heavy (non-hydrogen) atoms. The largest absolute Gasteiger partial charge is 0.478 e. The van der Waals surface area contributed by atoms with Crippen LogP contribution in [0.2, 0.25) is 0 Å². The summed E-state index contributed by atoms with van der Waals surface area (Å²) in [5.74, 6) is -1.14. The van der Waals surface area contributed by atoms with E-state index >= 15 is 0 Å². The lowest BCUT2D eigenvalue weighted by Crippen LogP contribution is -2.58. The standard InChI is InChI=1S/C18H17F6N3O3/c1-9-5-10(3-4-12(9)15(28)29)6-11-8-16(30-26-11,18(22,23)24)14-7-13(17(19,20)21)25-27(14)2/h3-5,14H,6-8H2,1-2H3,(H,28,29). The second-order valence-corrected chi connectivity index (χ2v) is 7.28. The average Bonchev–Trinajstić information content (AvgIpc) is 3.18. The topological polar surface area (TPSA) is 74.5 Å². The van der Waals surface area contributed by atoms with Crippen molar-refractivity contribution in [1.82, 2.24) is 5.01 Å². The number of oxime groups is 1. The molecule has 0 radical (unpaired) electrons. The van der Waals surface area contributed by atoms with Crippen LogP contribution >= 0.6 is 0 Å². The van der Waals surface area contributed by atoms with Gasteiger partial charge in [-0.2, -0.15) is 31.4 Å². The molecule has 164 valence electrons. The highest BCUT2D eigenvalue weighted by atomic mass is 19.4. The van der Waals surface area contributed by atoms with Crippen molar-refractivity contribution in [2.24, 2.45) is 10.3 Å². The molecule has 0 aliphatic carbocycles. The highest BCUT2D eigenvalue weighted by molar-refractivity contribution is 5.93. The van der Waals surface area contributed by atoms with Gasteiger partial charge in [0.05, 0.1) is 11.3 Å². The zero-order chi connectivity index (χ0) is 22.5. The van der Waals surface area contributed by atoms with Gasteiger partial charge in [0.25, 0.3) is 5.60 Å². The third-order valence-corrected chi connectivity index (χ3v) is 5.20. The van der Waals surface area contributed by atoms with Gasteiger partial charge in [-0.1, -0.05) is 17.3 Å². The number of rotatable bonds is 4. The Morgan fingerprint density at radius 2 is 1.97 bits per heavy atom. The van der Waals surface area contributed by atoms with E-state index in [2.05, 4.69) is 10.3 Å². The van der Waals surface area contributed by atoms with Gasteiger partial charge in [-0.3, -0.25) is 5.01 Å². The molecule has 0 bridgehead atoms. The fourth-order valence-electron chi connectivity index (χ4n) is 3.69. The normalized spacial score (nSPS) is 24.5. The summed E-state index contributed by atoms with van der Waals surface area (Å²) in [6.45, 7) is 1.55. The number of alkyl halides is 6. The minimum atomic E-state index is -5.00. The van der Waals surface area contributed by atoms with Crippen molar-refractivity contribution in [2.45, 2.75) is 50.2 Å². The molecule has 0 fully saturated rings. The highest BCUT2D eigenvalue weighted by Gasteiger charge is 2.68. The van der Waals surface area contributed by atoms with Crippen molar-refractivity contribution in [2.75, 3.05) is 7.05 Å². The predicted octanol–water partition coefficient (Wildman–Crippen LogP) is 3.94. The number of halogens is 6. The van der Waals surface area contributed by atoms with Gasteiger partial charge in [0, 0.05) is 26.3 Å². The number of aromatic carboxylic acids is 1. The summed E-state index contributed by atoms with van der Waals surface area (Å²) in [5.41, 5.74) is -3.31. The molecule has 0 aromatic heterocycles. The molecular formula is C18H17F6N3O3. The summed E-state index contributed by atoms with van der Waals surface area (Å²) in [5, 5.41) is 16.4. The SMILES string of the molecule is Cc1cc(CC2=NOC(C3CC(C(F)(F)F)=NN3C)(C(F)(F)F)C2)ccc1C(=O)O. The van der Waals surface area contributed by atoms with Crippen LogP contribution in [0.5, 0.6) is 0 Å². The fourth-order valence-corrected chi connectivity index (χ4v) is 3.69. The second-order valence-electron chi connectivity index (χ2n) is 7.28. The van der Waals surface area contributed by atoms with Crippen molar-refractivity contribution >= 4 is 17.4 Å². The molecule has 2 aliphatic rings. The van der Waals surface area contributed by atoms with Crippen molar-refractivity contribution < 1.29 is 41.1 Å². The van der Waals surface area contributed by atoms with Gasteiger partial charge in [-0.25, -0.2) is 4.79 Å². The molecule has 0 spiro atoms. The Kier molecular flexibility index (Phi) is 5.23. The van der Waals surface area contributed by atoms with Crippen LogP contribution in [0.3, 0.4) is 0 Å². The molecule has 2 aliphatic heterocycles. The van der Waals surface area contributed by atoms with Crippen molar-refractivity contribution in [1.29, 1.82) is 0 Å². The first-order valence-corrected chi connectivity index (χ1v) is 8.75. The number of nitrogens with zero attached hydrogens (tertiary/aromatic N) is 3. The Morgan fingerprint density at radius 3 is 2.47 bits per heavy atom. The van der Waals surface area contributed by atoms with Gasteiger partial charge < -0.3 is 9.94 Å². The Labute approximate surface area is 166 Å². The summed E-state index contributed by atoms with van der Waals surface area (Å²) in [6.07, 6.45) is -11.7. The van der Waals surface area contributed by atoms with Crippen molar-refractivity contribution in [3.63, 3.8) is 0 Å². The molecule has 3 rings (SSSR count). The highest BCUT2D eigenvalue weighted by Crippen LogP contribution is 2.47. The maximum Gasteiger partial charge on any atom is 0.433 e. The van der Waals surface area contributed by atoms with Gasteiger partial charge >= 0.3 is 18.3 Å². The van der Waals surface area contributed by atoms with E-state index in [1.807, 2.05) is 0 Å². The smallest absolute Gasteiger partial charge is 0.433 e. The maximum absolute atomic E-state index is 14.0. The molecule has 1 aromatic rings. The number of carboxylic acid groups (broad SMARTS) is 1. The Hall–Kier alpha value is -2.79. The minimum absolute atomic E-state index is 0.0105. The van der Waals surface area contributed by atoms with Crippen LogP contribution < -0.4 is 0 Å². The predicted molar refractivity (Wildman–Crippen MR) is 93.4 cm³/mol. The van der Waals surface area contributed by atoms with E-state index in [9.17, 15) is 31.1 Å². The van der Waals surface area contributed by atoms with Gasteiger partial charge in [0.2, 0.25) is 0 Å². The Balaban J connectivity index is 1.82. The van der Waals surface area contributed by atoms with Gasteiger partial charge in [0.1, 0.15) is 11.8 Å². The van der Waals surface area contributed by atoms with E-state index in [0.717, 1.165) is 7.05 Å². The van der Waals surface area contributed by atoms with Gasteiger partial charge in [-0.15, -0.1) is 0 Å². The number of aryl methyl sites for hydroxylation is 1. The van der Waals surface area contributed by atoms with Crippen LogP contribution in [0.4, 0.5) is 26.3 Å².